The standard InChI is InChI=1S/C14H18N4OS/c1-9-13(20-10(2)16-9)14(19)18-7-3-4-11(8-18)12-5-6-15-17-12/h5-6,11H,3-4,7-8H2,1-2H3,(H,15,17). The Labute approximate surface area is 122 Å². The lowest BCUT2D eigenvalue weighted by atomic mass is 9.95. The molecular formula is C14H18N4OS. The fourth-order valence-corrected chi connectivity index (χ4v) is 3.67. The number of likely N-dealkylation sites (tertiary alicyclic amines) is 1. The molecule has 3 rings (SSSR count). The number of hydrogen-bond donors (Lipinski definition) is 1. The highest BCUT2D eigenvalue weighted by atomic mass is 32.1. The number of hydrogen-bond acceptors (Lipinski definition) is 4. The number of aromatic nitrogens is 3. The van der Waals surface area contributed by atoms with E-state index in [4.69, 9.17) is 0 Å². The zero-order chi connectivity index (χ0) is 14.1. The van der Waals surface area contributed by atoms with Crippen LogP contribution in [-0.4, -0.2) is 39.1 Å². The van der Waals surface area contributed by atoms with Crippen molar-refractivity contribution in [2.45, 2.75) is 32.6 Å². The first-order chi connectivity index (χ1) is 9.65. The van der Waals surface area contributed by atoms with Gasteiger partial charge in [0.15, 0.2) is 0 Å². The average Bonchev–Trinajstić information content (AvgIpc) is 3.08. The van der Waals surface area contributed by atoms with Gasteiger partial charge < -0.3 is 4.90 Å². The molecule has 20 heavy (non-hydrogen) atoms. The molecule has 0 radical (unpaired) electrons. The number of thiazole rings is 1. The van der Waals surface area contributed by atoms with Crippen LogP contribution in [0.4, 0.5) is 0 Å². The Kier molecular flexibility index (Phi) is 3.56. The van der Waals surface area contributed by atoms with Crippen LogP contribution in [0.25, 0.3) is 0 Å². The number of H-pyrrole nitrogens is 1. The van der Waals surface area contributed by atoms with Crippen LogP contribution in [0, 0.1) is 13.8 Å². The molecule has 0 aliphatic carbocycles. The second-order valence-electron chi connectivity index (χ2n) is 5.25. The Morgan fingerprint density at radius 2 is 2.35 bits per heavy atom. The van der Waals surface area contributed by atoms with Crippen LogP contribution in [0.2, 0.25) is 0 Å². The van der Waals surface area contributed by atoms with E-state index in [9.17, 15) is 4.79 Å². The van der Waals surface area contributed by atoms with Crippen molar-refractivity contribution >= 4 is 17.2 Å². The monoisotopic (exact) mass is 290 g/mol. The normalized spacial score (nSPS) is 19.3. The Balaban J connectivity index is 1.77. The van der Waals surface area contributed by atoms with Gasteiger partial charge in [0.2, 0.25) is 0 Å². The SMILES string of the molecule is Cc1nc(C)c(C(=O)N2CCCC(c3ccn[nH]3)C2)s1. The molecule has 0 saturated carbocycles. The summed E-state index contributed by atoms with van der Waals surface area (Å²) < 4.78 is 0. The van der Waals surface area contributed by atoms with Gasteiger partial charge in [0.25, 0.3) is 5.91 Å². The lowest BCUT2D eigenvalue weighted by molar-refractivity contribution is 0.0710. The van der Waals surface area contributed by atoms with Gasteiger partial charge in [0.1, 0.15) is 4.88 Å². The molecule has 1 unspecified atom stereocenters. The minimum Gasteiger partial charge on any atom is -0.337 e. The first-order valence-electron chi connectivity index (χ1n) is 6.87. The number of nitrogens with zero attached hydrogens (tertiary/aromatic N) is 3. The van der Waals surface area contributed by atoms with E-state index >= 15 is 0 Å². The molecule has 106 valence electrons. The van der Waals surface area contributed by atoms with Gasteiger partial charge in [-0.1, -0.05) is 0 Å². The Morgan fingerprint density at radius 3 is 3.00 bits per heavy atom. The van der Waals surface area contributed by atoms with E-state index in [2.05, 4.69) is 15.2 Å². The number of rotatable bonds is 2. The lowest BCUT2D eigenvalue weighted by Gasteiger charge is -2.32. The number of piperidine rings is 1. The third kappa shape index (κ3) is 2.47. The average molecular weight is 290 g/mol. The third-order valence-corrected chi connectivity index (χ3v) is 4.83. The largest absolute Gasteiger partial charge is 0.337 e. The highest BCUT2D eigenvalue weighted by Crippen LogP contribution is 2.28. The van der Waals surface area contributed by atoms with E-state index in [0.717, 1.165) is 47.2 Å². The maximum Gasteiger partial charge on any atom is 0.265 e. The maximum atomic E-state index is 12.6. The summed E-state index contributed by atoms with van der Waals surface area (Å²) in [5.74, 6) is 0.488. The molecule has 3 heterocycles. The highest BCUT2D eigenvalue weighted by molar-refractivity contribution is 7.13. The zero-order valence-electron chi connectivity index (χ0n) is 11.7. The molecule has 1 amide bonds. The summed E-state index contributed by atoms with van der Waals surface area (Å²) in [6, 6.07) is 2.00. The number of carbonyl (C=O) groups excluding carboxylic acids is 1. The summed E-state index contributed by atoms with van der Waals surface area (Å²) in [4.78, 5) is 19.7. The highest BCUT2D eigenvalue weighted by Gasteiger charge is 2.28. The zero-order valence-corrected chi connectivity index (χ0v) is 12.5. The molecule has 1 fully saturated rings. The van der Waals surface area contributed by atoms with Crippen LogP contribution < -0.4 is 0 Å². The van der Waals surface area contributed by atoms with Gasteiger partial charge in [-0.3, -0.25) is 9.89 Å². The summed E-state index contributed by atoms with van der Waals surface area (Å²) in [6.07, 6.45) is 3.91. The van der Waals surface area contributed by atoms with Crippen LogP contribution >= 0.6 is 11.3 Å². The van der Waals surface area contributed by atoms with Gasteiger partial charge >= 0.3 is 0 Å². The number of carbonyl (C=O) groups is 1. The molecule has 1 atom stereocenters. The van der Waals surface area contributed by atoms with Crippen molar-refractivity contribution in [1.29, 1.82) is 0 Å². The van der Waals surface area contributed by atoms with Gasteiger partial charge in [-0.2, -0.15) is 5.10 Å². The van der Waals surface area contributed by atoms with Crippen molar-refractivity contribution < 1.29 is 4.79 Å². The summed E-state index contributed by atoms with van der Waals surface area (Å²) in [7, 11) is 0. The quantitative estimate of drug-likeness (QED) is 0.924. The topological polar surface area (TPSA) is 61.9 Å². The second kappa shape index (κ2) is 5.36. The van der Waals surface area contributed by atoms with Gasteiger partial charge in [-0.25, -0.2) is 4.98 Å². The summed E-state index contributed by atoms with van der Waals surface area (Å²) in [5.41, 5.74) is 1.97. The van der Waals surface area contributed by atoms with Gasteiger partial charge in [0, 0.05) is 30.9 Å². The summed E-state index contributed by atoms with van der Waals surface area (Å²) >= 11 is 1.49. The first-order valence-corrected chi connectivity index (χ1v) is 7.69. The van der Waals surface area contributed by atoms with Gasteiger partial charge in [-0.05, 0) is 32.8 Å². The van der Waals surface area contributed by atoms with Crippen LogP contribution in [0.1, 0.15) is 44.8 Å². The van der Waals surface area contributed by atoms with E-state index in [1.165, 1.54) is 11.3 Å². The smallest absolute Gasteiger partial charge is 0.265 e. The van der Waals surface area contributed by atoms with E-state index in [-0.39, 0.29) is 5.91 Å². The van der Waals surface area contributed by atoms with Crippen molar-refractivity contribution in [3.05, 3.63) is 33.5 Å². The molecule has 2 aromatic heterocycles. The Hall–Kier alpha value is -1.69. The number of nitrogens with one attached hydrogen (secondary N) is 1. The Bertz CT molecular complexity index is 605. The minimum atomic E-state index is 0.123. The molecule has 1 N–H and O–H groups in total. The van der Waals surface area contributed by atoms with Crippen molar-refractivity contribution in [2.75, 3.05) is 13.1 Å². The summed E-state index contributed by atoms with van der Waals surface area (Å²) in [5, 5.41) is 7.98. The molecule has 6 heteroatoms. The van der Waals surface area contributed by atoms with E-state index in [1.54, 1.807) is 6.20 Å². The summed E-state index contributed by atoms with van der Waals surface area (Å²) in [6.45, 7) is 5.45. The maximum absolute atomic E-state index is 12.6. The van der Waals surface area contributed by atoms with Crippen LogP contribution in [0.15, 0.2) is 12.3 Å². The minimum absolute atomic E-state index is 0.123. The van der Waals surface area contributed by atoms with Gasteiger partial charge in [-0.15, -0.1) is 11.3 Å². The van der Waals surface area contributed by atoms with Crippen molar-refractivity contribution in [3.8, 4) is 0 Å². The molecule has 1 aliphatic rings. The predicted octanol–water partition coefficient (Wildman–Crippen LogP) is 2.50. The lowest BCUT2D eigenvalue weighted by Crippen LogP contribution is -2.39. The molecule has 0 bridgehead atoms. The fourth-order valence-electron chi connectivity index (χ4n) is 2.78. The molecular weight excluding hydrogens is 272 g/mol. The van der Waals surface area contributed by atoms with Gasteiger partial charge in [0.05, 0.1) is 10.7 Å². The number of aryl methyl sites for hydroxylation is 2. The number of amides is 1. The fraction of sp³-hybridized carbons (Fsp3) is 0.500. The molecule has 1 saturated heterocycles. The molecule has 0 spiro atoms. The predicted molar refractivity (Wildman–Crippen MR) is 78.1 cm³/mol. The van der Waals surface area contributed by atoms with Crippen LogP contribution in [0.5, 0.6) is 0 Å². The molecule has 2 aromatic rings. The second-order valence-corrected chi connectivity index (χ2v) is 6.45. The Morgan fingerprint density at radius 1 is 1.50 bits per heavy atom. The molecule has 0 aromatic carbocycles. The first kappa shape index (κ1) is 13.3. The molecule has 1 aliphatic heterocycles. The third-order valence-electron chi connectivity index (χ3n) is 3.77. The van der Waals surface area contributed by atoms with E-state index < -0.39 is 0 Å². The van der Waals surface area contributed by atoms with E-state index in [0.29, 0.717) is 5.92 Å². The van der Waals surface area contributed by atoms with Crippen molar-refractivity contribution in [1.82, 2.24) is 20.1 Å². The van der Waals surface area contributed by atoms with Crippen LogP contribution in [0.3, 0.4) is 0 Å². The van der Waals surface area contributed by atoms with Crippen molar-refractivity contribution in [3.63, 3.8) is 0 Å². The van der Waals surface area contributed by atoms with E-state index in [1.807, 2.05) is 24.8 Å². The van der Waals surface area contributed by atoms with Crippen LogP contribution in [-0.2, 0) is 0 Å². The van der Waals surface area contributed by atoms with Crippen molar-refractivity contribution in [2.24, 2.45) is 0 Å². The molecule has 5 nitrogen and oxygen atoms in total. The number of aromatic amines is 1.